The molecule has 118 valence electrons. The number of aromatic nitrogens is 3. The molecule has 0 saturated carbocycles. The molecule has 3 rings (SSSR count). The number of rotatable bonds is 4. The molecule has 1 aromatic carbocycles. The number of amides is 1. The van der Waals surface area contributed by atoms with Crippen LogP contribution in [0.1, 0.15) is 12.5 Å². The third kappa shape index (κ3) is 2.88. The molecule has 0 fully saturated rings. The van der Waals surface area contributed by atoms with Gasteiger partial charge >= 0.3 is 5.69 Å². The molecule has 1 amide bonds. The van der Waals surface area contributed by atoms with Gasteiger partial charge in [-0.3, -0.25) is 13.9 Å². The highest BCUT2D eigenvalue weighted by atomic mass is 16.2. The van der Waals surface area contributed by atoms with Gasteiger partial charge in [-0.15, -0.1) is 0 Å². The summed E-state index contributed by atoms with van der Waals surface area (Å²) in [4.78, 5) is 28.9. The number of hydrogen-bond acceptors (Lipinski definition) is 3. The van der Waals surface area contributed by atoms with E-state index < -0.39 is 0 Å². The van der Waals surface area contributed by atoms with E-state index in [1.807, 2.05) is 44.2 Å². The summed E-state index contributed by atoms with van der Waals surface area (Å²) in [6.45, 7) is 4.36. The van der Waals surface area contributed by atoms with Gasteiger partial charge in [0.25, 0.3) is 0 Å². The van der Waals surface area contributed by atoms with Crippen LogP contribution in [0, 0.1) is 6.92 Å². The smallest absolute Gasteiger partial charge is 0.309 e. The summed E-state index contributed by atoms with van der Waals surface area (Å²) in [6, 6.07) is 11.1. The second-order valence-corrected chi connectivity index (χ2v) is 5.37. The van der Waals surface area contributed by atoms with E-state index in [2.05, 4.69) is 10.3 Å². The Morgan fingerprint density at radius 3 is 2.43 bits per heavy atom. The largest absolute Gasteiger partial charge is 0.329 e. The van der Waals surface area contributed by atoms with Crippen molar-refractivity contribution >= 4 is 22.8 Å². The topological polar surface area (TPSA) is 68.9 Å². The van der Waals surface area contributed by atoms with E-state index in [9.17, 15) is 9.59 Å². The lowest BCUT2D eigenvalue weighted by Crippen LogP contribution is -2.29. The molecule has 0 spiro atoms. The second kappa shape index (κ2) is 6.08. The number of para-hydroxylation sites is 2. The Labute approximate surface area is 133 Å². The molecule has 0 unspecified atom stereocenters. The molecule has 6 heteroatoms. The first-order valence-corrected chi connectivity index (χ1v) is 7.50. The van der Waals surface area contributed by atoms with Crippen LogP contribution in [0.15, 0.2) is 47.4 Å². The first kappa shape index (κ1) is 15.0. The number of carbonyl (C=O) groups is 1. The van der Waals surface area contributed by atoms with Crippen molar-refractivity contribution in [3.63, 3.8) is 0 Å². The van der Waals surface area contributed by atoms with Crippen LogP contribution >= 0.6 is 0 Å². The van der Waals surface area contributed by atoms with Gasteiger partial charge in [0.15, 0.2) is 0 Å². The molecular weight excluding hydrogens is 292 g/mol. The van der Waals surface area contributed by atoms with Crippen molar-refractivity contribution in [3.05, 3.63) is 58.6 Å². The zero-order chi connectivity index (χ0) is 16.4. The molecular formula is C17H18N4O2. The number of nitrogens with one attached hydrogen (secondary N) is 1. The minimum Gasteiger partial charge on any atom is -0.309 e. The van der Waals surface area contributed by atoms with Crippen molar-refractivity contribution in [2.75, 3.05) is 5.32 Å². The van der Waals surface area contributed by atoms with Crippen molar-refractivity contribution in [2.45, 2.75) is 26.9 Å². The predicted octanol–water partition coefficient (Wildman–Crippen LogP) is 2.17. The van der Waals surface area contributed by atoms with Crippen molar-refractivity contribution < 1.29 is 4.79 Å². The quantitative estimate of drug-likeness (QED) is 0.803. The van der Waals surface area contributed by atoms with Crippen LogP contribution in [0.4, 0.5) is 5.82 Å². The maximum Gasteiger partial charge on any atom is 0.329 e. The van der Waals surface area contributed by atoms with Crippen LogP contribution in [-0.4, -0.2) is 20.0 Å². The van der Waals surface area contributed by atoms with E-state index in [4.69, 9.17) is 0 Å². The highest BCUT2D eigenvalue weighted by molar-refractivity contribution is 5.90. The van der Waals surface area contributed by atoms with E-state index in [0.29, 0.717) is 12.4 Å². The third-order valence-corrected chi connectivity index (χ3v) is 3.72. The first-order valence-electron chi connectivity index (χ1n) is 7.50. The van der Waals surface area contributed by atoms with Gasteiger partial charge in [0.2, 0.25) is 5.91 Å². The molecule has 6 nitrogen and oxygen atoms in total. The molecule has 0 atom stereocenters. The maximum atomic E-state index is 12.5. The summed E-state index contributed by atoms with van der Waals surface area (Å²) >= 11 is 0. The molecule has 0 radical (unpaired) electrons. The van der Waals surface area contributed by atoms with E-state index in [1.54, 1.807) is 16.8 Å². The molecule has 0 aliphatic rings. The minimum absolute atomic E-state index is 0.0398. The monoisotopic (exact) mass is 310 g/mol. The summed E-state index contributed by atoms with van der Waals surface area (Å²) in [5.41, 5.74) is 2.43. The molecule has 3 aromatic rings. The highest BCUT2D eigenvalue weighted by Crippen LogP contribution is 2.13. The zero-order valence-corrected chi connectivity index (χ0v) is 13.1. The lowest BCUT2D eigenvalue weighted by atomic mass is 10.3. The van der Waals surface area contributed by atoms with Crippen molar-refractivity contribution in [1.82, 2.24) is 14.1 Å². The normalized spacial score (nSPS) is 10.9. The predicted molar refractivity (Wildman–Crippen MR) is 89.5 cm³/mol. The fraction of sp³-hybridized carbons (Fsp3) is 0.235. The number of hydrogen-bond donors (Lipinski definition) is 1. The molecule has 23 heavy (non-hydrogen) atoms. The van der Waals surface area contributed by atoms with Crippen molar-refractivity contribution in [3.8, 4) is 0 Å². The molecule has 0 aliphatic carbocycles. The summed E-state index contributed by atoms with van der Waals surface area (Å²) in [7, 11) is 0. The Morgan fingerprint density at radius 1 is 1.13 bits per heavy atom. The number of aryl methyl sites for hydroxylation is 2. The lowest BCUT2D eigenvalue weighted by Gasteiger charge is -2.05. The van der Waals surface area contributed by atoms with E-state index >= 15 is 0 Å². The molecule has 0 saturated heterocycles. The van der Waals surface area contributed by atoms with Gasteiger partial charge in [-0.25, -0.2) is 9.78 Å². The van der Waals surface area contributed by atoms with Gasteiger partial charge in [0.05, 0.1) is 11.0 Å². The van der Waals surface area contributed by atoms with Gasteiger partial charge in [-0.05, 0) is 37.6 Å². The fourth-order valence-electron chi connectivity index (χ4n) is 2.60. The maximum absolute atomic E-state index is 12.5. The molecule has 2 aromatic heterocycles. The molecule has 0 bridgehead atoms. The number of pyridine rings is 1. The van der Waals surface area contributed by atoms with Gasteiger partial charge < -0.3 is 5.32 Å². The van der Waals surface area contributed by atoms with Gasteiger partial charge in [-0.1, -0.05) is 18.2 Å². The SMILES string of the molecule is CCn1c(=O)n(CC(=O)Nc2ccc(C)cn2)c2ccccc21. The molecule has 2 heterocycles. The van der Waals surface area contributed by atoms with Crippen LogP contribution in [-0.2, 0) is 17.9 Å². The number of imidazole rings is 1. The number of fused-ring (bicyclic) bond motifs is 1. The summed E-state index contributed by atoms with van der Waals surface area (Å²) in [5, 5.41) is 2.72. The Morgan fingerprint density at radius 2 is 1.83 bits per heavy atom. The number of anilines is 1. The van der Waals surface area contributed by atoms with Crippen molar-refractivity contribution in [1.29, 1.82) is 0 Å². The zero-order valence-electron chi connectivity index (χ0n) is 13.1. The Kier molecular flexibility index (Phi) is 3.97. The van der Waals surface area contributed by atoms with Crippen LogP contribution in [0.5, 0.6) is 0 Å². The average Bonchev–Trinajstić information content (AvgIpc) is 2.81. The highest BCUT2D eigenvalue weighted by Gasteiger charge is 2.14. The average molecular weight is 310 g/mol. The van der Waals surface area contributed by atoms with Crippen LogP contribution < -0.4 is 11.0 Å². The minimum atomic E-state index is -0.276. The van der Waals surface area contributed by atoms with Gasteiger partial charge in [0, 0.05) is 12.7 Å². The second-order valence-electron chi connectivity index (χ2n) is 5.37. The van der Waals surface area contributed by atoms with Crippen LogP contribution in [0.25, 0.3) is 11.0 Å². The van der Waals surface area contributed by atoms with E-state index in [-0.39, 0.29) is 18.1 Å². The Bertz CT molecular complexity index is 906. The van der Waals surface area contributed by atoms with E-state index in [0.717, 1.165) is 16.6 Å². The molecule has 1 N–H and O–H groups in total. The molecule has 0 aliphatic heterocycles. The van der Waals surface area contributed by atoms with Gasteiger partial charge in [-0.2, -0.15) is 0 Å². The third-order valence-electron chi connectivity index (χ3n) is 3.72. The number of nitrogens with zero attached hydrogens (tertiary/aromatic N) is 3. The van der Waals surface area contributed by atoms with Crippen LogP contribution in [0.2, 0.25) is 0 Å². The van der Waals surface area contributed by atoms with Crippen LogP contribution in [0.3, 0.4) is 0 Å². The fourth-order valence-corrected chi connectivity index (χ4v) is 2.60. The summed E-state index contributed by atoms with van der Waals surface area (Å²) < 4.78 is 3.15. The number of benzene rings is 1. The first-order chi connectivity index (χ1) is 11.1. The number of carbonyl (C=O) groups excluding carboxylic acids is 1. The Hall–Kier alpha value is -2.89. The summed E-state index contributed by atoms with van der Waals surface area (Å²) in [6.07, 6.45) is 1.69. The lowest BCUT2D eigenvalue weighted by molar-refractivity contribution is -0.116. The summed E-state index contributed by atoms with van der Waals surface area (Å²) in [5.74, 6) is 0.204. The van der Waals surface area contributed by atoms with Crippen molar-refractivity contribution in [2.24, 2.45) is 0 Å². The Balaban J connectivity index is 1.89. The standard InChI is InChI=1S/C17H18N4O2/c1-3-20-13-6-4-5-7-14(13)21(17(20)23)11-16(22)19-15-9-8-12(2)10-18-15/h4-10H,3,11H2,1-2H3,(H,18,19,22). The van der Waals surface area contributed by atoms with E-state index in [1.165, 1.54) is 4.57 Å². The van der Waals surface area contributed by atoms with Gasteiger partial charge in [0.1, 0.15) is 12.4 Å².